The van der Waals surface area contributed by atoms with E-state index in [9.17, 15) is 4.39 Å². The SMILES string of the molecule is CCN(c1cccc(F)c1)c1cccc2c1CCNC2. The molecule has 20 heavy (non-hydrogen) atoms. The highest BCUT2D eigenvalue weighted by Gasteiger charge is 2.17. The largest absolute Gasteiger partial charge is 0.341 e. The molecule has 3 heteroatoms. The number of anilines is 2. The summed E-state index contributed by atoms with van der Waals surface area (Å²) in [5.74, 6) is -0.188. The van der Waals surface area contributed by atoms with E-state index in [0.717, 1.165) is 31.7 Å². The Morgan fingerprint density at radius 1 is 1.20 bits per heavy atom. The zero-order valence-corrected chi connectivity index (χ0v) is 11.7. The van der Waals surface area contributed by atoms with Crippen molar-refractivity contribution < 1.29 is 4.39 Å². The topological polar surface area (TPSA) is 15.3 Å². The van der Waals surface area contributed by atoms with Gasteiger partial charge in [0, 0.05) is 24.5 Å². The summed E-state index contributed by atoms with van der Waals surface area (Å²) in [7, 11) is 0. The molecule has 1 N–H and O–H groups in total. The number of nitrogens with zero attached hydrogens (tertiary/aromatic N) is 1. The van der Waals surface area contributed by atoms with Crippen LogP contribution in [0.15, 0.2) is 42.5 Å². The fraction of sp³-hybridized carbons (Fsp3) is 0.294. The normalized spacial score (nSPS) is 13.9. The summed E-state index contributed by atoms with van der Waals surface area (Å²) in [6, 6.07) is 13.2. The average Bonchev–Trinajstić information content (AvgIpc) is 2.48. The first-order chi connectivity index (χ1) is 9.79. The van der Waals surface area contributed by atoms with E-state index in [4.69, 9.17) is 0 Å². The number of hydrogen-bond acceptors (Lipinski definition) is 2. The lowest BCUT2D eigenvalue weighted by atomic mass is 9.98. The van der Waals surface area contributed by atoms with Crippen LogP contribution in [-0.2, 0) is 13.0 Å². The molecule has 0 radical (unpaired) electrons. The maximum Gasteiger partial charge on any atom is 0.125 e. The van der Waals surface area contributed by atoms with E-state index in [1.54, 1.807) is 12.1 Å². The summed E-state index contributed by atoms with van der Waals surface area (Å²) >= 11 is 0. The van der Waals surface area contributed by atoms with Crippen LogP contribution in [0.1, 0.15) is 18.1 Å². The van der Waals surface area contributed by atoms with Crippen molar-refractivity contribution in [1.29, 1.82) is 0 Å². The van der Waals surface area contributed by atoms with E-state index in [0.29, 0.717) is 0 Å². The molecular formula is C17H19FN2. The molecule has 0 aromatic heterocycles. The molecule has 0 spiro atoms. The second kappa shape index (κ2) is 5.63. The number of benzene rings is 2. The van der Waals surface area contributed by atoms with Gasteiger partial charge < -0.3 is 10.2 Å². The summed E-state index contributed by atoms with van der Waals surface area (Å²) in [5, 5.41) is 3.40. The molecule has 0 saturated heterocycles. The minimum atomic E-state index is -0.188. The third-order valence-electron chi connectivity index (χ3n) is 3.84. The quantitative estimate of drug-likeness (QED) is 0.916. The molecule has 2 nitrogen and oxygen atoms in total. The molecule has 0 aliphatic carbocycles. The van der Waals surface area contributed by atoms with E-state index in [-0.39, 0.29) is 5.82 Å². The van der Waals surface area contributed by atoms with Crippen LogP contribution in [0.25, 0.3) is 0 Å². The zero-order chi connectivity index (χ0) is 13.9. The first-order valence-electron chi connectivity index (χ1n) is 7.14. The van der Waals surface area contributed by atoms with E-state index in [1.807, 2.05) is 6.07 Å². The van der Waals surface area contributed by atoms with Crippen LogP contribution < -0.4 is 10.2 Å². The molecule has 2 aromatic carbocycles. The van der Waals surface area contributed by atoms with Gasteiger partial charge in [0.2, 0.25) is 0 Å². The fourth-order valence-electron chi connectivity index (χ4n) is 2.90. The lowest BCUT2D eigenvalue weighted by Crippen LogP contribution is -2.26. The first-order valence-corrected chi connectivity index (χ1v) is 7.14. The molecule has 2 aromatic rings. The van der Waals surface area contributed by atoms with Crippen LogP contribution in [0.4, 0.5) is 15.8 Å². The van der Waals surface area contributed by atoms with Gasteiger partial charge in [0.15, 0.2) is 0 Å². The standard InChI is InChI=1S/C17H19FN2/c1-2-20(15-7-4-6-14(18)11-15)17-8-3-5-13-12-19-10-9-16(13)17/h3-8,11,19H,2,9-10,12H2,1H3. The van der Waals surface area contributed by atoms with Crippen molar-refractivity contribution >= 4 is 11.4 Å². The van der Waals surface area contributed by atoms with E-state index < -0.39 is 0 Å². The molecular weight excluding hydrogens is 251 g/mol. The molecule has 1 aliphatic heterocycles. The van der Waals surface area contributed by atoms with E-state index >= 15 is 0 Å². The Morgan fingerprint density at radius 3 is 2.85 bits per heavy atom. The fourth-order valence-corrected chi connectivity index (χ4v) is 2.90. The smallest absolute Gasteiger partial charge is 0.125 e. The van der Waals surface area contributed by atoms with Gasteiger partial charge in [0.05, 0.1) is 0 Å². The Bertz CT molecular complexity index is 610. The molecule has 0 fully saturated rings. The number of halogens is 1. The third kappa shape index (κ3) is 2.41. The Labute approximate surface area is 119 Å². The molecule has 104 valence electrons. The van der Waals surface area contributed by atoms with Gasteiger partial charge >= 0.3 is 0 Å². The van der Waals surface area contributed by atoms with Crippen molar-refractivity contribution in [2.75, 3.05) is 18.0 Å². The summed E-state index contributed by atoms with van der Waals surface area (Å²) in [4.78, 5) is 2.19. The van der Waals surface area contributed by atoms with Gasteiger partial charge in [-0.3, -0.25) is 0 Å². The zero-order valence-electron chi connectivity index (χ0n) is 11.7. The monoisotopic (exact) mass is 270 g/mol. The lowest BCUT2D eigenvalue weighted by Gasteiger charge is -2.29. The average molecular weight is 270 g/mol. The molecule has 0 bridgehead atoms. The summed E-state index contributed by atoms with van der Waals surface area (Å²) in [5.41, 5.74) is 4.86. The van der Waals surface area contributed by atoms with Gasteiger partial charge in [-0.05, 0) is 55.3 Å². The summed E-state index contributed by atoms with van der Waals surface area (Å²) in [6.45, 7) is 4.85. The predicted octanol–water partition coefficient (Wildman–Crippen LogP) is 3.63. The van der Waals surface area contributed by atoms with Crippen molar-refractivity contribution in [3.05, 3.63) is 59.4 Å². The van der Waals surface area contributed by atoms with Crippen LogP contribution in [-0.4, -0.2) is 13.1 Å². The second-order valence-corrected chi connectivity index (χ2v) is 5.07. The number of nitrogens with one attached hydrogen (secondary N) is 1. The highest BCUT2D eigenvalue weighted by Crippen LogP contribution is 2.32. The van der Waals surface area contributed by atoms with Crippen LogP contribution in [0, 0.1) is 5.82 Å². The Morgan fingerprint density at radius 2 is 2.05 bits per heavy atom. The van der Waals surface area contributed by atoms with Crippen molar-refractivity contribution in [3.8, 4) is 0 Å². The first kappa shape index (κ1) is 13.1. The van der Waals surface area contributed by atoms with E-state index in [2.05, 4.69) is 35.3 Å². The lowest BCUT2D eigenvalue weighted by molar-refractivity contribution is 0.627. The molecule has 0 atom stereocenters. The molecule has 1 heterocycles. The summed E-state index contributed by atoms with van der Waals surface area (Å²) in [6.07, 6.45) is 1.03. The van der Waals surface area contributed by atoms with Crippen LogP contribution in [0.5, 0.6) is 0 Å². The van der Waals surface area contributed by atoms with Gasteiger partial charge in [-0.1, -0.05) is 18.2 Å². The number of rotatable bonds is 3. The molecule has 0 saturated carbocycles. The third-order valence-corrected chi connectivity index (χ3v) is 3.84. The van der Waals surface area contributed by atoms with Crippen molar-refractivity contribution in [1.82, 2.24) is 5.32 Å². The minimum Gasteiger partial charge on any atom is -0.341 e. The van der Waals surface area contributed by atoms with E-state index in [1.165, 1.54) is 22.9 Å². The Balaban J connectivity index is 2.06. The van der Waals surface area contributed by atoms with Gasteiger partial charge in [0.1, 0.15) is 5.82 Å². The molecule has 0 unspecified atom stereocenters. The van der Waals surface area contributed by atoms with Crippen molar-refractivity contribution in [2.24, 2.45) is 0 Å². The second-order valence-electron chi connectivity index (χ2n) is 5.07. The summed E-state index contributed by atoms with van der Waals surface area (Å²) < 4.78 is 13.5. The Kier molecular flexibility index (Phi) is 3.70. The van der Waals surface area contributed by atoms with Crippen LogP contribution >= 0.6 is 0 Å². The maximum atomic E-state index is 13.5. The maximum absolute atomic E-state index is 13.5. The van der Waals surface area contributed by atoms with Gasteiger partial charge in [-0.15, -0.1) is 0 Å². The predicted molar refractivity (Wildman–Crippen MR) is 80.9 cm³/mol. The minimum absolute atomic E-state index is 0.188. The van der Waals surface area contributed by atoms with Crippen molar-refractivity contribution in [2.45, 2.75) is 19.9 Å². The van der Waals surface area contributed by atoms with Crippen LogP contribution in [0.3, 0.4) is 0 Å². The van der Waals surface area contributed by atoms with Crippen LogP contribution in [0.2, 0.25) is 0 Å². The molecule has 0 amide bonds. The van der Waals surface area contributed by atoms with Gasteiger partial charge in [-0.25, -0.2) is 4.39 Å². The Hall–Kier alpha value is -1.87. The molecule has 3 rings (SSSR count). The highest BCUT2D eigenvalue weighted by atomic mass is 19.1. The van der Waals surface area contributed by atoms with Gasteiger partial charge in [0.25, 0.3) is 0 Å². The van der Waals surface area contributed by atoms with Crippen molar-refractivity contribution in [3.63, 3.8) is 0 Å². The highest BCUT2D eigenvalue weighted by molar-refractivity contribution is 5.68. The molecule has 1 aliphatic rings. The van der Waals surface area contributed by atoms with Gasteiger partial charge in [-0.2, -0.15) is 0 Å². The number of fused-ring (bicyclic) bond motifs is 1. The number of hydrogen-bond donors (Lipinski definition) is 1.